The van der Waals surface area contributed by atoms with Crippen LogP contribution in [0.2, 0.25) is 0 Å². The molecule has 0 aromatic heterocycles. The molecular formula is C17H21N3O3S. The van der Waals surface area contributed by atoms with E-state index >= 15 is 0 Å². The van der Waals surface area contributed by atoms with Gasteiger partial charge in [0.2, 0.25) is 15.9 Å². The highest BCUT2D eigenvalue weighted by Gasteiger charge is 2.22. The Morgan fingerprint density at radius 1 is 1.08 bits per heavy atom. The number of nitrogens with zero attached hydrogens (tertiary/aromatic N) is 1. The van der Waals surface area contributed by atoms with Gasteiger partial charge in [-0.2, -0.15) is 0 Å². The molecule has 0 bridgehead atoms. The molecule has 6 nitrogen and oxygen atoms in total. The number of amides is 1. The summed E-state index contributed by atoms with van der Waals surface area (Å²) in [5.41, 5.74) is 1.70. The predicted molar refractivity (Wildman–Crippen MR) is 92.5 cm³/mol. The van der Waals surface area contributed by atoms with Crippen molar-refractivity contribution in [1.29, 1.82) is 0 Å². The SMILES string of the molecule is CN(C)C(C(=O)NCc1ccc(S(N)(=O)=O)cc1)c1ccccc1. The molecule has 2 aromatic carbocycles. The first-order valence-corrected chi connectivity index (χ1v) is 8.94. The van der Waals surface area contributed by atoms with Crippen molar-refractivity contribution >= 4 is 15.9 Å². The lowest BCUT2D eigenvalue weighted by Gasteiger charge is -2.23. The van der Waals surface area contributed by atoms with Gasteiger partial charge in [-0.25, -0.2) is 13.6 Å². The Bertz CT molecular complexity index is 788. The van der Waals surface area contributed by atoms with Crippen molar-refractivity contribution in [3.05, 3.63) is 65.7 Å². The first-order chi connectivity index (χ1) is 11.3. The molecule has 0 aliphatic heterocycles. The minimum Gasteiger partial charge on any atom is -0.350 e. The van der Waals surface area contributed by atoms with Crippen molar-refractivity contribution < 1.29 is 13.2 Å². The van der Waals surface area contributed by atoms with Crippen molar-refractivity contribution in [3.8, 4) is 0 Å². The van der Waals surface area contributed by atoms with Gasteiger partial charge in [-0.1, -0.05) is 42.5 Å². The fourth-order valence-electron chi connectivity index (χ4n) is 2.40. The van der Waals surface area contributed by atoms with Crippen LogP contribution in [0.4, 0.5) is 0 Å². The van der Waals surface area contributed by atoms with Crippen LogP contribution in [0.3, 0.4) is 0 Å². The number of carbonyl (C=O) groups is 1. The fraction of sp³-hybridized carbons (Fsp3) is 0.235. The first kappa shape index (κ1) is 18.1. The Kier molecular flexibility index (Phi) is 5.71. The maximum absolute atomic E-state index is 12.5. The van der Waals surface area contributed by atoms with Crippen molar-refractivity contribution in [2.24, 2.45) is 5.14 Å². The van der Waals surface area contributed by atoms with E-state index in [-0.39, 0.29) is 10.8 Å². The molecule has 24 heavy (non-hydrogen) atoms. The molecule has 2 aromatic rings. The van der Waals surface area contributed by atoms with Gasteiger partial charge in [-0.05, 0) is 37.4 Å². The second-order valence-electron chi connectivity index (χ2n) is 5.68. The summed E-state index contributed by atoms with van der Waals surface area (Å²) in [4.78, 5) is 14.4. The highest BCUT2D eigenvalue weighted by molar-refractivity contribution is 7.89. The van der Waals surface area contributed by atoms with Crippen molar-refractivity contribution in [1.82, 2.24) is 10.2 Å². The van der Waals surface area contributed by atoms with Gasteiger partial charge in [0.25, 0.3) is 0 Å². The van der Waals surface area contributed by atoms with Gasteiger partial charge in [0.1, 0.15) is 6.04 Å². The summed E-state index contributed by atoms with van der Waals surface area (Å²) < 4.78 is 22.5. The van der Waals surface area contributed by atoms with Crippen LogP contribution in [0.25, 0.3) is 0 Å². The minimum atomic E-state index is -3.71. The zero-order chi connectivity index (χ0) is 17.7. The molecule has 0 radical (unpaired) electrons. The van der Waals surface area contributed by atoms with E-state index in [4.69, 9.17) is 5.14 Å². The molecule has 7 heteroatoms. The molecule has 0 heterocycles. The largest absolute Gasteiger partial charge is 0.350 e. The average molecular weight is 347 g/mol. The minimum absolute atomic E-state index is 0.0491. The Morgan fingerprint density at radius 3 is 2.17 bits per heavy atom. The fourth-order valence-corrected chi connectivity index (χ4v) is 2.92. The Labute approximate surface area is 142 Å². The van der Waals surface area contributed by atoms with E-state index in [2.05, 4.69) is 5.32 Å². The summed E-state index contributed by atoms with van der Waals surface area (Å²) in [5, 5.41) is 7.94. The second kappa shape index (κ2) is 7.57. The topological polar surface area (TPSA) is 92.5 Å². The number of benzene rings is 2. The van der Waals surface area contributed by atoms with Crippen LogP contribution >= 0.6 is 0 Å². The zero-order valence-corrected chi connectivity index (χ0v) is 14.5. The van der Waals surface area contributed by atoms with E-state index in [1.807, 2.05) is 49.3 Å². The number of hydrogen-bond donors (Lipinski definition) is 2. The van der Waals surface area contributed by atoms with Crippen LogP contribution in [0.5, 0.6) is 0 Å². The molecule has 1 amide bonds. The maximum Gasteiger partial charge on any atom is 0.242 e. The molecule has 0 saturated carbocycles. The molecule has 0 fully saturated rings. The number of primary sulfonamides is 1. The number of likely N-dealkylation sites (N-methyl/N-ethyl adjacent to an activating group) is 1. The molecule has 0 spiro atoms. The van der Waals surface area contributed by atoms with Crippen LogP contribution in [0, 0.1) is 0 Å². The smallest absolute Gasteiger partial charge is 0.242 e. The van der Waals surface area contributed by atoms with Gasteiger partial charge in [-0.3, -0.25) is 9.69 Å². The van der Waals surface area contributed by atoms with Crippen molar-refractivity contribution in [2.75, 3.05) is 14.1 Å². The first-order valence-electron chi connectivity index (χ1n) is 7.40. The number of sulfonamides is 1. The lowest BCUT2D eigenvalue weighted by molar-refractivity contribution is -0.125. The summed E-state index contributed by atoms with van der Waals surface area (Å²) in [6, 6.07) is 15.2. The number of nitrogens with two attached hydrogens (primary N) is 1. The standard InChI is InChI=1S/C17H21N3O3S/c1-20(2)16(14-6-4-3-5-7-14)17(21)19-12-13-8-10-15(11-9-13)24(18,22)23/h3-11,16H,12H2,1-2H3,(H,19,21)(H2,18,22,23). The van der Waals surface area contributed by atoms with Gasteiger partial charge in [0, 0.05) is 6.54 Å². The highest BCUT2D eigenvalue weighted by atomic mass is 32.2. The third kappa shape index (κ3) is 4.64. The third-order valence-corrected chi connectivity index (χ3v) is 4.53. The molecule has 128 valence electrons. The highest BCUT2D eigenvalue weighted by Crippen LogP contribution is 2.18. The van der Waals surface area contributed by atoms with Crippen molar-refractivity contribution in [3.63, 3.8) is 0 Å². The quantitative estimate of drug-likeness (QED) is 0.823. The maximum atomic E-state index is 12.5. The number of carbonyl (C=O) groups excluding carboxylic acids is 1. The number of rotatable bonds is 6. The average Bonchev–Trinajstić information content (AvgIpc) is 2.53. The Morgan fingerprint density at radius 2 is 1.67 bits per heavy atom. The summed E-state index contributed by atoms with van der Waals surface area (Å²) in [7, 11) is -0.0148. The molecule has 1 unspecified atom stereocenters. The summed E-state index contributed by atoms with van der Waals surface area (Å²) in [6.45, 7) is 0.306. The van der Waals surface area contributed by atoms with E-state index in [0.717, 1.165) is 11.1 Å². The van der Waals surface area contributed by atoms with E-state index < -0.39 is 16.1 Å². The Balaban J connectivity index is 2.06. The molecule has 2 rings (SSSR count). The van der Waals surface area contributed by atoms with Gasteiger partial charge in [0.05, 0.1) is 4.90 Å². The summed E-state index contributed by atoms with van der Waals surface area (Å²) >= 11 is 0. The lowest BCUT2D eigenvalue weighted by Crippen LogP contribution is -2.36. The van der Waals surface area contributed by atoms with Gasteiger partial charge in [0.15, 0.2) is 0 Å². The van der Waals surface area contributed by atoms with Crippen LogP contribution in [0.1, 0.15) is 17.2 Å². The van der Waals surface area contributed by atoms with E-state index in [9.17, 15) is 13.2 Å². The van der Waals surface area contributed by atoms with Crippen LogP contribution in [-0.4, -0.2) is 33.3 Å². The zero-order valence-electron chi connectivity index (χ0n) is 13.6. The van der Waals surface area contributed by atoms with Crippen molar-refractivity contribution in [2.45, 2.75) is 17.5 Å². The lowest BCUT2D eigenvalue weighted by atomic mass is 10.1. The number of hydrogen-bond acceptors (Lipinski definition) is 4. The second-order valence-corrected chi connectivity index (χ2v) is 7.25. The Hall–Kier alpha value is -2.22. The summed E-state index contributed by atoms with van der Waals surface area (Å²) in [5.74, 6) is -0.123. The molecular weight excluding hydrogens is 326 g/mol. The van der Waals surface area contributed by atoms with Gasteiger partial charge < -0.3 is 5.32 Å². The molecule has 0 aliphatic rings. The molecule has 0 aliphatic carbocycles. The third-order valence-electron chi connectivity index (χ3n) is 3.60. The number of nitrogens with one attached hydrogen (secondary N) is 1. The van der Waals surface area contributed by atoms with E-state index in [0.29, 0.717) is 6.54 Å². The molecule has 0 saturated heterocycles. The van der Waals surface area contributed by atoms with E-state index in [1.165, 1.54) is 12.1 Å². The summed E-state index contributed by atoms with van der Waals surface area (Å²) in [6.07, 6.45) is 0. The van der Waals surface area contributed by atoms with E-state index in [1.54, 1.807) is 12.1 Å². The van der Waals surface area contributed by atoms with Crippen LogP contribution in [0.15, 0.2) is 59.5 Å². The molecule has 3 N–H and O–H groups in total. The van der Waals surface area contributed by atoms with Gasteiger partial charge >= 0.3 is 0 Å². The van der Waals surface area contributed by atoms with Crippen LogP contribution in [-0.2, 0) is 21.4 Å². The molecule has 1 atom stereocenters. The van der Waals surface area contributed by atoms with Gasteiger partial charge in [-0.15, -0.1) is 0 Å². The normalized spacial score (nSPS) is 12.8. The monoisotopic (exact) mass is 347 g/mol. The van der Waals surface area contributed by atoms with Crippen LogP contribution < -0.4 is 10.5 Å². The predicted octanol–water partition coefficient (Wildman–Crippen LogP) is 1.25.